The molecule has 4 rings (SSSR count). The highest BCUT2D eigenvalue weighted by molar-refractivity contribution is 7.93. The van der Waals surface area contributed by atoms with E-state index in [1.807, 2.05) is 0 Å². The third-order valence-electron chi connectivity index (χ3n) is 5.37. The summed E-state index contributed by atoms with van der Waals surface area (Å²) >= 11 is 0. The van der Waals surface area contributed by atoms with Gasteiger partial charge in [0.05, 0.1) is 11.3 Å². The number of likely N-dealkylation sites (tertiary alicyclic amines) is 1. The van der Waals surface area contributed by atoms with Crippen LogP contribution in [0.3, 0.4) is 0 Å². The number of benzene rings is 1. The molecule has 10 nitrogen and oxygen atoms in total. The lowest BCUT2D eigenvalue weighted by Gasteiger charge is -2.13. The Morgan fingerprint density at radius 3 is 2.73 bits per heavy atom. The number of hydrogen-bond donors (Lipinski definition) is 2. The van der Waals surface area contributed by atoms with Crippen LogP contribution in [0.4, 0.5) is 5.69 Å². The van der Waals surface area contributed by atoms with Gasteiger partial charge in [-0.3, -0.25) is 14.3 Å². The second kappa shape index (κ2) is 8.15. The summed E-state index contributed by atoms with van der Waals surface area (Å²) in [4.78, 5) is 25.5. The number of nitrogens with zero attached hydrogens (tertiary/aromatic N) is 3. The van der Waals surface area contributed by atoms with Crippen LogP contribution in [0.2, 0.25) is 0 Å². The van der Waals surface area contributed by atoms with Crippen molar-refractivity contribution in [2.45, 2.75) is 37.5 Å². The van der Waals surface area contributed by atoms with Crippen LogP contribution in [-0.4, -0.2) is 60.1 Å². The minimum atomic E-state index is -3.71. The Balaban J connectivity index is 1.42. The normalized spacial score (nSPS) is 21.7. The fourth-order valence-corrected chi connectivity index (χ4v) is 5.08. The van der Waals surface area contributed by atoms with Crippen molar-refractivity contribution in [2.75, 3.05) is 24.4 Å². The molecule has 2 fully saturated rings. The van der Waals surface area contributed by atoms with Crippen molar-refractivity contribution < 1.29 is 22.4 Å². The van der Waals surface area contributed by atoms with Gasteiger partial charge in [0.15, 0.2) is 5.78 Å². The number of aromatic nitrogens is 2. The largest absolute Gasteiger partial charge is 0.415 e. The van der Waals surface area contributed by atoms with E-state index in [9.17, 15) is 18.0 Å². The van der Waals surface area contributed by atoms with E-state index < -0.39 is 21.3 Å². The molecular weight excluding hydrogens is 410 g/mol. The van der Waals surface area contributed by atoms with Gasteiger partial charge in [-0.25, -0.2) is 8.42 Å². The average molecular weight is 433 g/mol. The van der Waals surface area contributed by atoms with Crippen molar-refractivity contribution in [1.82, 2.24) is 20.4 Å². The number of rotatable bonds is 6. The molecule has 2 unspecified atom stereocenters. The highest BCUT2D eigenvalue weighted by Gasteiger charge is 2.38. The minimum Gasteiger partial charge on any atom is -0.415 e. The van der Waals surface area contributed by atoms with E-state index in [-0.39, 0.29) is 36.4 Å². The van der Waals surface area contributed by atoms with E-state index in [0.29, 0.717) is 24.3 Å². The zero-order valence-electron chi connectivity index (χ0n) is 16.5. The molecule has 2 aromatic rings. The molecule has 0 saturated carbocycles. The van der Waals surface area contributed by atoms with Crippen LogP contribution >= 0.6 is 0 Å². The number of hydrogen-bond acceptors (Lipinski definition) is 8. The molecule has 30 heavy (non-hydrogen) atoms. The van der Waals surface area contributed by atoms with Crippen LogP contribution in [0.25, 0.3) is 0 Å². The summed E-state index contributed by atoms with van der Waals surface area (Å²) in [6, 6.07) is 5.90. The van der Waals surface area contributed by atoms with Gasteiger partial charge in [0, 0.05) is 30.9 Å². The Morgan fingerprint density at radius 2 is 2.00 bits per heavy atom. The fourth-order valence-electron chi connectivity index (χ4n) is 3.69. The highest BCUT2D eigenvalue weighted by Crippen LogP contribution is 2.28. The quantitative estimate of drug-likeness (QED) is 0.652. The standard InChI is InChI=1S/C19H23N5O5S/c1-12(25)13-5-4-6-14(9-13)23-30(27,28)15-10-16(20-11-15)17-21-22-18(29-17)19(26)24-7-2-3-8-24/h4-6,9,15-16,20,23H,2-3,7-8,10-11H2,1H3. The predicted molar refractivity (Wildman–Crippen MR) is 108 cm³/mol. The van der Waals surface area contributed by atoms with Crippen LogP contribution in [0, 0.1) is 0 Å². The maximum absolute atomic E-state index is 12.8. The molecule has 0 radical (unpaired) electrons. The number of ketones is 1. The smallest absolute Gasteiger partial charge is 0.311 e. The van der Waals surface area contributed by atoms with Gasteiger partial charge < -0.3 is 14.6 Å². The number of carbonyl (C=O) groups is 2. The van der Waals surface area contributed by atoms with Gasteiger partial charge in [-0.15, -0.1) is 10.2 Å². The van der Waals surface area contributed by atoms with Crippen LogP contribution in [0.1, 0.15) is 59.2 Å². The third kappa shape index (κ3) is 4.21. The van der Waals surface area contributed by atoms with Gasteiger partial charge in [0.2, 0.25) is 15.9 Å². The van der Waals surface area contributed by atoms with Crippen molar-refractivity contribution in [2.24, 2.45) is 0 Å². The minimum absolute atomic E-state index is 0.0702. The van der Waals surface area contributed by atoms with Crippen LogP contribution < -0.4 is 10.0 Å². The first-order valence-electron chi connectivity index (χ1n) is 9.82. The Morgan fingerprint density at radius 1 is 1.23 bits per heavy atom. The lowest BCUT2D eigenvalue weighted by Crippen LogP contribution is -2.29. The summed E-state index contributed by atoms with van der Waals surface area (Å²) in [5.41, 5.74) is 0.765. The number of Topliss-reactive ketones (excluding diaryl/α,β-unsaturated/α-hetero) is 1. The van der Waals surface area contributed by atoms with Crippen molar-refractivity contribution in [3.05, 3.63) is 41.6 Å². The van der Waals surface area contributed by atoms with E-state index in [4.69, 9.17) is 4.42 Å². The van der Waals surface area contributed by atoms with Crippen LogP contribution in [0.15, 0.2) is 28.7 Å². The molecule has 1 aromatic carbocycles. The maximum Gasteiger partial charge on any atom is 0.311 e. The summed E-state index contributed by atoms with van der Waals surface area (Å²) in [6.07, 6.45) is 2.14. The maximum atomic E-state index is 12.8. The van der Waals surface area contributed by atoms with Gasteiger partial charge in [-0.1, -0.05) is 12.1 Å². The molecule has 1 aromatic heterocycles. The zero-order chi connectivity index (χ0) is 21.3. The van der Waals surface area contributed by atoms with Crippen molar-refractivity contribution in [1.29, 1.82) is 0 Å². The lowest BCUT2D eigenvalue weighted by molar-refractivity contribution is 0.0750. The number of anilines is 1. The Labute approximate surface area is 174 Å². The number of nitrogens with one attached hydrogen (secondary N) is 2. The van der Waals surface area contributed by atoms with Gasteiger partial charge in [0.25, 0.3) is 0 Å². The Kier molecular flexibility index (Phi) is 5.56. The molecule has 1 amide bonds. The molecule has 11 heteroatoms. The zero-order valence-corrected chi connectivity index (χ0v) is 17.3. The van der Waals surface area contributed by atoms with E-state index in [2.05, 4.69) is 20.2 Å². The van der Waals surface area contributed by atoms with Gasteiger partial charge in [-0.2, -0.15) is 0 Å². The molecule has 2 aliphatic rings. The highest BCUT2D eigenvalue weighted by atomic mass is 32.2. The summed E-state index contributed by atoms with van der Waals surface area (Å²) in [6.45, 7) is 2.97. The first kappa shape index (κ1) is 20.5. The first-order chi connectivity index (χ1) is 14.3. The molecule has 0 bridgehead atoms. The Hall–Kier alpha value is -2.79. The number of amides is 1. The van der Waals surface area contributed by atoms with E-state index in [0.717, 1.165) is 12.8 Å². The van der Waals surface area contributed by atoms with Gasteiger partial charge in [-0.05, 0) is 38.3 Å². The molecule has 2 aliphatic heterocycles. The molecule has 0 aliphatic carbocycles. The summed E-state index contributed by atoms with van der Waals surface area (Å²) in [5.74, 6) is -0.303. The average Bonchev–Trinajstić information content (AvgIpc) is 3.48. The van der Waals surface area contributed by atoms with E-state index in [1.54, 1.807) is 23.1 Å². The number of sulfonamides is 1. The van der Waals surface area contributed by atoms with Crippen LogP contribution in [0.5, 0.6) is 0 Å². The summed E-state index contributed by atoms with van der Waals surface area (Å²) in [7, 11) is -3.71. The number of carbonyl (C=O) groups excluding carboxylic acids is 2. The predicted octanol–water partition coefficient (Wildman–Crippen LogP) is 1.35. The summed E-state index contributed by atoms with van der Waals surface area (Å²) < 4.78 is 33.6. The molecule has 160 valence electrons. The Bertz CT molecular complexity index is 1060. The monoisotopic (exact) mass is 433 g/mol. The van der Waals surface area contributed by atoms with Crippen molar-refractivity contribution in [3.63, 3.8) is 0 Å². The third-order valence-corrected chi connectivity index (χ3v) is 7.13. The molecule has 2 N–H and O–H groups in total. The SMILES string of the molecule is CC(=O)c1cccc(NS(=O)(=O)C2CNC(c3nnc(C(=O)N4CCCC4)o3)C2)c1. The lowest BCUT2D eigenvalue weighted by atomic mass is 10.1. The first-order valence-corrected chi connectivity index (χ1v) is 11.4. The van der Waals surface area contributed by atoms with E-state index in [1.165, 1.54) is 13.0 Å². The van der Waals surface area contributed by atoms with Gasteiger partial charge >= 0.3 is 11.8 Å². The van der Waals surface area contributed by atoms with Crippen molar-refractivity contribution in [3.8, 4) is 0 Å². The molecule has 3 heterocycles. The van der Waals surface area contributed by atoms with Gasteiger partial charge in [0.1, 0.15) is 0 Å². The molecular formula is C19H23N5O5S. The second-order valence-electron chi connectivity index (χ2n) is 7.55. The molecule has 2 saturated heterocycles. The van der Waals surface area contributed by atoms with E-state index >= 15 is 0 Å². The molecule has 2 atom stereocenters. The summed E-state index contributed by atoms with van der Waals surface area (Å²) in [5, 5.41) is 10.1. The molecule has 0 spiro atoms. The second-order valence-corrected chi connectivity index (χ2v) is 9.51. The van der Waals surface area contributed by atoms with Crippen molar-refractivity contribution >= 4 is 27.4 Å². The topological polar surface area (TPSA) is 134 Å². The van der Waals surface area contributed by atoms with Crippen LogP contribution in [-0.2, 0) is 10.0 Å². The fraction of sp³-hybridized carbons (Fsp3) is 0.474.